The van der Waals surface area contributed by atoms with E-state index < -0.39 is 5.41 Å². The van der Waals surface area contributed by atoms with Gasteiger partial charge < -0.3 is 11.1 Å². The summed E-state index contributed by atoms with van der Waals surface area (Å²) in [7, 11) is 0. The molecule has 0 bridgehead atoms. The van der Waals surface area contributed by atoms with E-state index in [2.05, 4.69) is 11.4 Å². The summed E-state index contributed by atoms with van der Waals surface area (Å²) in [6.45, 7) is 6.64. The van der Waals surface area contributed by atoms with Gasteiger partial charge in [-0.05, 0) is 26.3 Å². The van der Waals surface area contributed by atoms with Crippen LogP contribution in [0.2, 0.25) is 0 Å². The molecule has 1 aromatic carbocycles. The second-order valence-corrected chi connectivity index (χ2v) is 4.76. The fourth-order valence-electron chi connectivity index (χ4n) is 1.34. The van der Waals surface area contributed by atoms with Crippen LogP contribution in [0.5, 0.6) is 0 Å². The summed E-state index contributed by atoms with van der Waals surface area (Å²) < 4.78 is 0. The van der Waals surface area contributed by atoms with Gasteiger partial charge in [0.25, 0.3) is 0 Å². The molecule has 0 radical (unpaired) electrons. The quantitative estimate of drug-likeness (QED) is 0.809. The van der Waals surface area contributed by atoms with E-state index in [4.69, 9.17) is 5.73 Å². The van der Waals surface area contributed by atoms with E-state index in [9.17, 15) is 4.79 Å². The van der Waals surface area contributed by atoms with Gasteiger partial charge in [0, 0.05) is 13.1 Å². The van der Waals surface area contributed by atoms with E-state index in [1.807, 2.05) is 39.0 Å². The van der Waals surface area contributed by atoms with E-state index in [1.165, 1.54) is 5.56 Å². The Morgan fingerprint density at radius 1 is 1.44 bits per heavy atom. The minimum Gasteiger partial charge on any atom is -0.352 e. The normalized spacial score (nSPS) is 11.2. The molecule has 1 aromatic rings. The van der Waals surface area contributed by atoms with Gasteiger partial charge in [0.2, 0.25) is 5.91 Å². The van der Waals surface area contributed by atoms with Crippen LogP contribution in [-0.2, 0) is 11.3 Å². The van der Waals surface area contributed by atoms with E-state index in [1.54, 1.807) is 0 Å². The van der Waals surface area contributed by atoms with E-state index >= 15 is 0 Å². The molecule has 0 fully saturated rings. The highest BCUT2D eigenvalue weighted by molar-refractivity contribution is 5.81. The number of carbonyl (C=O) groups is 1. The highest BCUT2D eigenvalue weighted by Gasteiger charge is 2.25. The zero-order chi connectivity index (χ0) is 12.2. The average Bonchev–Trinajstić information content (AvgIpc) is 2.26. The largest absolute Gasteiger partial charge is 0.352 e. The third-order valence-electron chi connectivity index (χ3n) is 2.66. The first-order valence-corrected chi connectivity index (χ1v) is 5.49. The molecule has 1 amide bonds. The number of rotatable bonds is 4. The van der Waals surface area contributed by atoms with Crippen LogP contribution in [0.15, 0.2) is 24.3 Å². The summed E-state index contributed by atoms with van der Waals surface area (Å²) in [4.78, 5) is 11.8. The number of aryl methyl sites for hydroxylation is 1. The van der Waals surface area contributed by atoms with Crippen molar-refractivity contribution in [2.75, 3.05) is 6.54 Å². The number of amides is 1. The van der Waals surface area contributed by atoms with Crippen molar-refractivity contribution in [2.24, 2.45) is 11.1 Å². The Hall–Kier alpha value is -1.35. The number of nitrogens with two attached hydrogens (primary N) is 1. The predicted molar refractivity (Wildman–Crippen MR) is 65.9 cm³/mol. The Bertz CT molecular complexity index is 372. The molecule has 3 nitrogen and oxygen atoms in total. The van der Waals surface area contributed by atoms with Crippen molar-refractivity contribution in [3.05, 3.63) is 35.4 Å². The molecule has 0 aromatic heterocycles. The maximum atomic E-state index is 11.8. The molecule has 16 heavy (non-hydrogen) atoms. The Labute approximate surface area is 97.0 Å². The number of nitrogens with one attached hydrogen (secondary N) is 1. The molecule has 0 heterocycles. The highest BCUT2D eigenvalue weighted by Crippen LogP contribution is 2.12. The summed E-state index contributed by atoms with van der Waals surface area (Å²) in [5, 5.41) is 2.90. The van der Waals surface area contributed by atoms with Crippen molar-refractivity contribution in [2.45, 2.75) is 27.3 Å². The van der Waals surface area contributed by atoms with Crippen LogP contribution in [0, 0.1) is 12.3 Å². The van der Waals surface area contributed by atoms with Gasteiger partial charge >= 0.3 is 0 Å². The molecule has 0 unspecified atom stereocenters. The molecule has 0 saturated carbocycles. The van der Waals surface area contributed by atoms with Crippen molar-refractivity contribution in [3.8, 4) is 0 Å². The third-order valence-corrected chi connectivity index (χ3v) is 2.66. The molecule has 0 aliphatic rings. The van der Waals surface area contributed by atoms with Gasteiger partial charge in [0.15, 0.2) is 0 Å². The molecule has 0 aliphatic carbocycles. The summed E-state index contributed by atoms with van der Waals surface area (Å²) >= 11 is 0. The van der Waals surface area contributed by atoms with E-state index in [-0.39, 0.29) is 5.91 Å². The molecule has 1 rings (SSSR count). The van der Waals surface area contributed by atoms with Crippen LogP contribution in [0.3, 0.4) is 0 Å². The zero-order valence-electron chi connectivity index (χ0n) is 10.2. The third kappa shape index (κ3) is 3.35. The second-order valence-electron chi connectivity index (χ2n) is 4.76. The first kappa shape index (κ1) is 12.7. The minimum absolute atomic E-state index is 0.00324. The standard InChI is InChI=1S/C13H20N2O/c1-10-5-4-6-11(7-10)8-15-12(16)13(2,3)9-14/h4-7H,8-9,14H2,1-3H3,(H,15,16). The molecular weight excluding hydrogens is 200 g/mol. The summed E-state index contributed by atoms with van der Waals surface area (Å²) in [5.41, 5.74) is 7.35. The second kappa shape index (κ2) is 5.12. The average molecular weight is 220 g/mol. The van der Waals surface area contributed by atoms with Gasteiger partial charge in [-0.2, -0.15) is 0 Å². The van der Waals surface area contributed by atoms with Gasteiger partial charge in [-0.25, -0.2) is 0 Å². The van der Waals surface area contributed by atoms with Crippen LogP contribution in [0.4, 0.5) is 0 Å². The van der Waals surface area contributed by atoms with Crippen molar-refractivity contribution < 1.29 is 4.79 Å². The Morgan fingerprint density at radius 3 is 2.69 bits per heavy atom. The Balaban J connectivity index is 2.56. The molecule has 0 aliphatic heterocycles. The van der Waals surface area contributed by atoms with Crippen molar-refractivity contribution >= 4 is 5.91 Å². The van der Waals surface area contributed by atoms with Gasteiger partial charge in [-0.3, -0.25) is 4.79 Å². The smallest absolute Gasteiger partial charge is 0.227 e. The molecule has 88 valence electrons. The topological polar surface area (TPSA) is 55.1 Å². The molecular formula is C13H20N2O. The van der Waals surface area contributed by atoms with Gasteiger partial charge in [-0.15, -0.1) is 0 Å². The van der Waals surface area contributed by atoms with Gasteiger partial charge in [0.1, 0.15) is 0 Å². The maximum Gasteiger partial charge on any atom is 0.227 e. The van der Waals surface area contributed by atoms with Crippen molar-refractivity contribution in [3.63, 3.8) is 0 Å². The summed E-state index contributed by atoms with van der Waals surface area (Å²) in [6.07, 6.45) is 0. The van der Waals surface area contributed by atoms with Crippen LogP contribution in [0.25, 0.3) is 0 Å². The monoisotopic (exact) mass is 220 g/mol. The SMILES string of the molecule is Cc1cccc(CNC(=O)C(C)(C)CN)c1. The predicted octanol–water partition coefficient (Wildman–Crippen LogP) is 1.60. The minimum atomic E-state index is -0.496. The lowest BCUT2D eigenvalue weighted by Crippen LogP contribution is -2.41. The molecule has 0 spiro atoms. The summed E-state index contributed by atoms with van der Waals surface area (Å²) in [6, 6.07) is 8.10. The van der Waals surface area contributed by atoms with Crippen molar-refractivity contribution in [1.29, 1.82) is 0 Å². The number of benzene rings is 1. The zero-order valence-corrected chi connectivity index (χ0v) is 10.2. The summed E-state index contributed by atoms with van der Waals surface area (Å²) in [5.74, 6) is -0.00324. The maximum absolute atomic E-state index is 11.8. The Kier molecular flexibility index (Phi) is 4.07. The number of hydrogen-bond donors (Lipinski definition) is 2. The molecule has 3 heteroatoms. The lowest BCUT2D eigenvalue weighted by molar-refractivity contribution is -0.129. The Morgan fingerprint density at radius 2 is 2.12 bits per heavy atom. The number of hydrogen-bond acceptors (Lipinski definition) is 2. The van der Waals surface area contributed by atoms with Crippen LogP contribution >= 0.6 is 0 Å². The molecule has 0 atom stereocenters. The first-order chi connectivity index (χ1) is 7.45. The number of carbonyl (C=O) groups excluding carboxylic acids is 1. The van der Waals surface area contributed by atoms with E-state index in [0.717, 1.165) is 5.56 Å². The lowest BCUT2D eigenvalue weighted by atomic mass is 9.92. The lowest BCUT2D eigenvalue weighted by Gasteiger charge is -2.21. The van der Waals surface area contributed by atoms with Crippen LogP contribution in [-0.4, -0.2) is 12.5 Å². The van der Waals surface area contributed by atoms with E-state index in [0.29, 0.717) is 13.1 Å². The fourth-order valence-corrected chi connectivity index (χ4v) is 1.34. The van der Waals surface area contributed by atoms with Crippen LogP contribution < -0.4 is 11.1 Å². The van der Waals surface area contributed by atoms with Crippen LogP contribution in [0.1, 0.15) is 25.0 Å². The molecule has 3 N–H and O–H groups in total. The van der Waals surface area contributed by atoms with Gasteiger partial charge in [0.05, 0.1) is 5.41 Å². The first-order valence-electron chi connectivity index (χ1n) is 5.49. The van der Waals surface area contributed by atoms with Crippen molar-refractivity contribution in [1.82, 2.24) is 5.32 Å². The fraction of sp³-hybridized carbons (Fsp3) is 0.462. The van der Waals surface area contributed by atoms with Gasteiger partial charge in [-0.1, -0.05) is 29.8 Å². The molecule has 0 saturated heterocycles. The highest BCUT2D eigenvalue weighted by atomic mass is 16.2.